The van der Waals surface area contributed by atoms with Gasteiger partial charge in [0.15, 0.2) is 0 Å². The van der Waals surface area contributed by atoms with Crippen LogP contribution in [0.2, 0.25) is 0 Å². The molecule has 1 unspecified atom stereocenters. The van der Waals surface area contributed by atoms with E-state index in [-0.39, 0.29) is 6.10 Å². The number of nitrogens with one attached hydrogen (secondary N) is 1. The number of halogens is 1. The molecule has 0 saturated carbocycles. The molecule has 3 nitrogen and oxygen atoms in total. The third-order valence-electron chi connectivity index (χ3n) is 2.34. The Bertz CT molecular complexity index is 301. The second kappa shape index (κ2) is 8.50. The lowest BCUT2D eigenvalue weighted by atomic mass is 10.2. The topological polar surface area (TPSA) is 41.5 Å². The molecule has 1 aromatic rings. The molecule has 96 valence electrons. The molecule has 1 rings (SSSR count). The molecule has 0 saturated heterocycles. The van der Waals surface area contributed by atoms with Crippen LogP contribution in [-0.2, 0) is 0 Å². The molecular formula is C13H20BrNO2. The van der Waals surface area contributed by atoms with E-state index in [1.165, 1.54) is 0 Å². The SMILES string of the molecule is CC(O)CCCNCCOc1ccc(Br)cc1. The Morgan fingerprint density at radius 3 is 2.65 bits per heavy atom. The van der Waals surface area contributed by atoms with Gasteiger partial charge in [-0.15, -0.1) is 0 Å². The maximum atomic E-state index is 9.07. The maximum Gasteiger partial charge on any atom is 0.119 e. The van der Waals surface area contributed by atoms with E-state index < -0.39 is 0 Å². The highest BCUT2D eigenvalue weighted by molar-refractivity contribution is 9.10. The van der Waals surface area contributed by atoms with E-state index >= 15 is 0 Å². The Labute approximate surface area is 111 Å². The van der Waals surface area contributed by atoms with Gasteiger partial charge in [-0.2, -0.15) is 0 Å². The molecular weight excluding hydrogens is 282 g/mol. The van der Waals surface area contributed by atoms with E-state index in [0.29, 0.717) is 6.61 Å². The van der Waals surface area contributed by atoms with Crippen LogP contribution in [0, 0.1) is 0 Å². The van der Waals surface area contributed by atoms with Gasteiger partial charge in [-0.1, -0.05) is 15.9 Å². The van der Waals surface area contributed by atoms with Crippen molar-refractivity contribution in [1.29, 1.82) is 0 Å². The van der Waals surface area contributed by atoms with Crippen LogP contribution in [0.3, 0.4) is 0 Å². The predicted molar refractivity (Wildman–Crippen MR) is 73.4 cm³/mol. The van der Waals surface area contributed by atoms with Crippen molar-refractivity contribution in [3.8, 4) is 5.75 Å². The summed E-state index contributed by atoms with van der Waals surface area (Å²) in [6.45, 7) is 4.23. The zero-order chi connectivity index (χ0) is 12.5. The molecule has 0 bridgehead atoms. The van der Waals surface area contributed by atoms with Crippen molar-refractivity contribution in [2.45, 2.75) is 25.9 Å². The monoisotopic (exact) mass is 301 g/mol. The molecule has 1 atom stereocenters. The van der Waals surface area contributed by atoms with Gasteiger partial charge in [0.2, 0.25) is 0 Å². The van der Waals surface area contributed by atoms with Crippen molar-refractivity contribution < 1.29 is 9.84 Å². The van der Waals surface area contributed by atoms with Gasteiger partial charge in [-0.3, -0.25) is 0 Å². The quantitative estimate of drug-likeness (QED) is 0.725. The average Bonchev–Trinajstić information content (AvgIpc) is 2.30. The van der Waals surface area contributed by atoms with E-state index in [1.807, 2.05) is 31.2 Å². The summed E-state index contributed by atoms with van der Waals surface area (Å²) in [4.78, 5) is 0. The first-order chi connectivity index (χ1) is 8.18. The summed E-state index contributed by atoms with van der Waals surface area (Å²) in [6, 6.07) is 7.81. The fraction of sp³-hybridized carbons (Fsp3) is 0.538. The minimum Gasteiger partial charge on any atom is -0.492 e. The van der Waals surface area contributed by atoms with Crippen molar-refractivity contribution in [3.05, 3.63) is 28.7 Å². The molecule has 0 heterocycles. The normalized spacial score (nSPS) is 12.4. The molecule has 1 aromatic carbocycles. The van der Waals surface area contributed by atoms with Gasteiger partial charge in [-0.25, -0.2) is 0 Å². The molecule has 4 heteroatoms. The zero-order valence-electron chi connectivity index (χ0n) is 10.2. The Hall–Kier alpha value is -0.580. The first-order valence-electron chi connectivity index (χ1n) is 5.95. The molecule has 0 spiro atoms. The summed E-state index contributed by atoms with van der Waals surface area (Å²) in [7, 11) is 0. The number of hydrogen-bond donors (Lipinski definition) is 2. The number of ether oxygens (including phenoxy) is 1. The largest absolute Gasteiger partial charge is 0.492 e. The Morgan fingerprint density at radius 2 is 2.00 bits per heavy atom. The van der Waals surface area contributed by atoms with Crippen LogP contribution in [0.15, 0.2) is 28.7 Å². The standard InChI is InChI=1S/C13H20BrNO2/c1-11(16)3-2-8-15-9-10-17-13-6-4-12(14)5-7-13/h4-7,11,15-16H,2-3,8-10H2,1H3. The summed E-state index contributed by atoms with van der Waals surface area (Å²) >= 11 is 3.38. The Morgan fingerprint density at radius 1 is 1.29 bits per heavy atom. The first-order valence-corrected chi connectivity index (χ1v) is 6.75. The van der Waals surface area contributed by atoms with E-state index in [2.05, 4.69) is 21.2 Å². The van der Waals surface area contributed by atoms with Crippen LogP contribution in [-0.4, -0.2) is 30.9 Å². The van der Waals surface area contributed by atoms with Crippen LogP contribution in [0.4, 0.5) is 0 Å². The Kier molecular flexibility index (Phi) is 7.24. The molecule has 17 heavy (non-hydrogen) atoms. The van der Waals surface area contributed by atoms with Crippen LogP contribution in [0.5, 0.6) is 5.75 Å². The summed E-state index contributed by atoms with van der Waals surface area (Å²) in [6.07, 6.45) is 1.65. The summed E-state index contributed by atoms with van der Waals surface area (Å²) < 4.78 is 6.61. The molecule has 0 amide bonds. The van der Waals surface area contributed by atoms with E-state index in [9.17, 15) is 0 Å². The van der Waals surface area contributed by atoms with Gasteiger partial charge in [0.05, 0.1) is 6.10 Å². The van der Waals surface area contributed by atoms with Crippen molar-refractivity contribution in [2.75, 3.05) is 19.7 Å². The lowest BCUT2D eigenvalue weighted by Gasteiger charge is -2.08. The maximum absolute atomic E-state index is 9.07. The van der Waals surface area contributed by atoms with Crippen molar-refractivity contribution in [2.24, 2.45) is 0 Å². The average molecular weight is 302 g/mol. The molecule has 0 aromatic heterocycles. The molecule has 0 fully saturated rings. The van der Waals surface area contributed by atoms with E-state index in [0.717, 1.165) is 36.2 Å². The van der Waals surface area contributed by atoms with Gasteiger partial charge < -0.3 is 15.2 Å². The molecule has 0 aliphatic rings. The van der Waals surface area contributed by atoms with Crippen LogP contribution in [0.1, 0.15) is 19.8 Å². The lowest BCUT2D eigenvalue weighted by Crippen LogP contribution is -2.22. The second-order valence-electron chi connectivity index (χ2n) is 4.04. The number of hydrogen-bond acceptors (Lipinski definition) is 3. The third-order valence-corrected chi connectivity index (χ3v) is 2.87. The van der Waals surface area contributed by atoms with Crippen molar-refractivity contribution in [1.82, 2.24) is 5.32 Å². The summed E-state index contributed by atoms with van der Waals surface area (Å²) in [5, 5.41) is 12.3. The third kappa shape index (κ3) is 7.36. The highest BCUT2D eigenvalue weighted by Gasteiger charge is 1.96. The minimum atomic E-state index is -0.198. The van der Waals surface area contributed by atoms with Gasteiger partial charge in [-0.05, 0) is 50.6 Å². The summed E-state index contributed by atoms with van der Waals surface area (Å²) in [5.74, 6) is 0.888. The highest BCUT2D eigenvalue weighted by Crippen LogP contribution is 2.15. The van der Waals surface area contributed by atoms with Gasteiger partial charge in [0.1, 0.15) is 12.4 Å². The smallest absolute Gasteiger partial charge is 0.119 e. The lowest BCUT2D eigenvalue weighted by molar-refractivity contribution is 0.181. The van der Waals surface area contributed by atoms with Gasteiger partial charge in [0, 0.05) is 11.0 Å². The Balaban J connectivity index is 1.99. The molecule has 2 N–H and O–H groups in total. The van der Waals surface area contributed by atoms with Gasteiger partial charge >= 0.3 is 0 Å². The molecule has 0 aliphatic carbocycles. The van der Waals surface area contributed by atoms with Gasteiger partial charge in [0.25, 0.3) is 0 Å². The summed E-state index contributed by atoms with van der Waals surface area (Å²) in [5.41, 5.74) is 0. The fourth-order valence-electron chi connectivity index (χ4n) is 1.42. The van der Waals surface area contributed by atoms with Crippen molar-refractivity contribution in [3.63, 3.8) is 0 Å². The van der Waals surface area contributed by atoms with E-state index in [1.54, 1.807) is 0 Å². The number of benzene rings is 1. The first kappa shape index (κ1) is 14.5. The predicted octanol–water partition coefficient (Wildman–Crippen LogP) is 2.58. The minimum absolute atomic E-state index is 0.198. The van der Waals surface area contributed by atoms with Crippen molar-refractivity contribution >= 4 is 15.9 Å². The number of aliphatic hydroxyl groups is 1. The molecule has 0 radical (unpaired) electrons. The van der Waals surface area contributed by atoms with Crippen LogP contribution >= 0.6 is 15.9 Å². The zero-order valence-corrected chi connectivity index (χ0v) is 11.7. The molecule has 0 aliphatic heterocycles. The van der Waals surface area contributed by atoms with Crippen LogP contribution in [0.25, 0.3) is 0 Å². The van der Waals surface area contributed by atoms with E-state index in [4.69, 9.17) is 9.84 Å². The highest BCUT2D eigenvalue weighted by atomic mass is 79.9. The number of rotatable bonds is 8. The fourth-order valence-corrected chi connectivity index (χ4v) is 1.68. The van der Waals surface area contributed by atoms with Crippen LogP contribution < -0.4 is 10.1 Å². The number of aliphatic hydroxyl groups excluding tert-OH is 1. The second-order valence-corrected chi connectivity index (χ2v) is 4.96.